The van der Waals surface area contributed by atoms with Crippen molar-refractivity contribution in [2.24, 2.45) is 0 Å². The zero-order valence-corrected chi connectivity index (χ0v) is 72.9. The van der Waals surface area contributed by atoms with Crippen molar-refractivity contribution in [2.45, 2.75) is 13.8 Å². The Bertz CT molecular complexity index is 7810. The number of aryl methyl sites for hydroxylation is 2. The molecule has 0 atom stereocenters. The standard InChI is InChI=1S/C59H37FN2O.C57H35FN2O.2Ir/c1-38-30-45(49-17-9-8-16-48(49)44-24-29-56(61-36-44)41-20-25-47(60)26-21-41)32-46(31-38)50-18-10-11-19-51(50)55-37-62-57(40-14-6-3-7-15-40)35-54(55)43-23-28-53-52-27-22-42(39-12-4-2-5-13-39)33-58(52)63-59(53)34-43;1-36-29-42(46-15-8-7-14-45(46)41-22-27-53(59-34-41)39-19-24-44(58)25-20-39)31-43(30-36)47-16-9-10-18-49(47)52-35-60-54(38-12-3-2-4-13-38)33-51(52)40-21-26-50-56(32-40)61-55-28-23-37-11-5-6-17-48(37)57(50)55;;/h2-14,16-20,22-37H,1H3;2-12,14-19,21-35H,1H3;;/q2*-2;;. The molecule has 6 nitrogen and oxygen atoms in total. The monoisotopic (exact) mass is 1980 g/mol. The van der Waals surface area contributed by atoms with Gasteiger partial charge in [0.2, 0.25) is 0 Å². The molecule has 22 rings (SSSR count). The first-order valence-corrected chi connectivity index (χ1v) is 41.3. The average molecular weight is 1980 g/mol. The SMILES string of the molecule is Cc1cc(-c2ccccc2-c2ccc(-c3[c-]cc(F)cc3)nc2)cc(-c2ccccc2-c2cnc(-c3[c-]cccc3)cc2-c2ccc3c(c2)oc2cc(-c4ccccc4)ccc23)c1.Cc1cc(-c2ccccc2-c2ccc(-c3[c-]cc(F)cc3)nc2)cc(-c2ccccc2-c2cnc(-c3[c-]cccc3)cc2-c2ccc3c(c2)oc2ccc4ccccc4c23)c1.[Ir].[Ir]. The molecule has 22 aromatic rings. The molecule has 10 heteroatoms. The fraction of sp³-hybridized carbons (Fsp3) is 0.0172. The number of halogens is 2. The average Bonchev–Trinajstić information content (AvgIpc) is 1.54. The van der Waals surface area contributed by atoms with Crippen LogP contribution in [0.1, 0.15) is 11.1 Å². The van der Waals surface area contributed by atoms with E-state index in [1.165, 1.54) is 35.0 Å². The number of hydrogen-bond donors (Lipinski definition) is 0. The first-order valence-electron chi connectivity index (χ1n) is 41.3. The number of rotatable bonds is 15. The molecule has 6 heterocycles. The topological polar surface area (TPSA) is 77.8 Å². The van der Waals surface area contributed by atoms with Crippen LogP contribution < -0.4 is 0 Å². The van der Waals surface area contributed by atoms with Gasteiger partial charge in [0, 0.05) is 109 Å². The van der Waals surface area contributed by atoms with Gasteiger partial charge in [0.25, 0.3) is 0 Å². The third-order valence-electron chi connectivity index (χ3n) is 23.3. The van der Waals surface area contributed by atoms with Crippen molar-refractivity contribution in [1.82, 2.24) is 19.9 Å². The molecule has 0 N–H and O–H groups in total. The van der Waals surface area contributed by atoms with Gasteiger partial charge in [-0.1, -0.05) is 237 Å². The first kappa shape index (κ1) is 80.8. The number of benzene rings is 16. The summed E-state index contributed by atoms with van der Waals surface area (Å²) in [4.78, 5) is 19.6. The molecule has 126 heavy (non-hydrogen) atoms. The number of aromatic nitrogens is 4. The quantitative estimate of drug-likeness (QED) is 0.0952. The second kappa shape index (κ2) is 35.2. The van der Waals surface area contributed by atoms with E-state index in [9.17, 15) is 8.78 Å². The minimum absolute atomic E-state index is 0. The molecule has 0 aliphatic carbocycles. The van der Waals surface area contributed by atoms with Gasteiger partial charge in [-0.25, -0.2) is 0 Å². The summed E-state index contributed by atoms with van der Waals surface area (Å²) < 4.78 is 40.4. The van der Waals surface area contributed by atoms with E-state index < -0.39 is 0 Å². The van der Waals surface area contributed by atoms with Gasteiger partial charge in [0.1, 0.15) is 22.3 Å². The van der Waals surface area contributed by atoms with E-state index in [1.54, 1.807) is 12.1 Å². The van der Waals surface area contributed by atoms with Crippen LogP contribution in [-0.4, -0.2) is 19.9 Å². The molecule has 604 valence electrons. The van der Waals surface area contributed by atoms with Crippen LogP contribution in [0.4, 0.5) is 8.78 Å². The van der Waals surface area contributed by atoms with E-state index in [2.05, 4.69) is 311 Å². The molecule has 6 aromatic heterocycles. The molecule has 0 aliphatic heterocycles. The van der Waals surface area contributed by atoms with Gasteiger partial charge < -0.3 is 28.8 Å². The van der Waals surface area contributed by atoms with Gasteiger partial charge in [0.15, 0.2) is 0 Å². The predicted octanol–water partition coefficient (Wildman–Crippen LogP) is 31.0. The maximum Gasteiger partial charge on any atom is 0.136 e. The summed E-state index contributed by atoms with van der Waals surface area (Å²) in [6.45, 7) is 4.30. The number of hydrogen-bond acceptors (Lipinski definition) is 6. The van der Waals surface area contributed by atoms with E-state index >= 15 is 0 Å². The Balaban J connectivity index is 0.000000162. The van der Waals surface area contributed by atoms with Gasteiger partial charge in [0.05, 0.1) is 0 Å². The van der Waals surface area contributed by atoms with Crippen LogP contribution >= 0.6 is 0 Å². The van der Waals surface area contributed by atoms with Crippen molar-refractivity contribution < 1.29 is 57.8 Å². The minimum atomic E-state index is -0.319. The summed E-state index contributed by atoms with van der Waals surface area (Å²) in [6, 6.07) is 140. The van der Waals surface area contributed by atoms with E-state index in [0.29, 0.717) is 0 Å². The normalized spacial score (nSPS) is 11.2. The fourth-order valence-electron chi connectivity index (χ4n) is 17.3. The number of fused-ring (bicyclic) bond motifs is 8. The third kappa shape index (κ3) is 16.0. The Morgan fingerprint density at radius 3 is 1.06 bits per heavy atom. The molecule has 0 fully saturated rings. The number of furan rings is 2. The summed E-state index contributed by atoms with van der Waals surface area (Å²) in [5.74, 6) is -0.638. The zero-order valence-electron chi connectivity index (χ0n) is 68.1. The van der Waals surface area contributed by atoms with Crippen LogP contribution in [0, 0.1) is 49.7 Å². The molecule has 16 aromatic carbocycles. The summed E-state index contributed by atoms with van der Waals surface area (Å²) in [5, 5.41) is 6.76. The molecular formula is C116H72F2Ir2N4O2-4. The Kier molecular flexibility index (Phi) is 22.6. The van der Waals surface area contributed by atoms with Gasteiger partial charge in [-0.2, -0.15) is 0 Å². The van der Waals surface area contributed by atoms with Crippen LogP contribution in [-0.2, 0) is 40.2 Å². The van der Waals surface area contributed by atoms with Crippen molar-refractivity contribution in [3.63, 3.8) is 0 Å². The van der Waals surface area contributed by atoms with Crippen LogP contribution in [0.2, 0.25) is 0 Å². The molecule has 0 aliphatic rings. The summed E-state index contributed by atoms with van der Waals surface area (Å²) in [7, 11) is 0. The Hall–Kier alpha value is -14.9. The molecule has 0 amide bonds. The minimum Gasteiger partial charge on any atom is -0.456 e. The van der Waals surface area contributed by atoms with Gasteiger partial charge in [-0.15, -0.1) is 131 Å². The van der Waals surface area contributed by atoms with E-state index in [4.69, 9.17) is 28.8 Å². The Labute approximate surface area is 755 Å². The summed E-state index contributed by atoms with van der Waals surface area (Å²) >= 11 is 0. The summed E-state index contributed by atoms with van der Waals surface area (Å²) in [6.07, 6.45) is 7.78. The Morgan fingerprint density at radius 2 is 0.611 bits per heavy atom. The number of pyridine rings is 4. The van der Waals surface area contributed by atoms with Gasteiger partial charge >= 0.3 is 0 Å². The maximum atomic E-state index is 13.6. The fourth-order valence-corrected chi connectivity index (χ4v) is 17.3. The second-order valence-electron chi connectivity index (χ2n) is 31.2. The van der Waals surface area contributed by atoms with Crippen LogP contribution in [0.15, 0.2) is 410 Å². The van der Waals surface area contributed by atoms with Crippen molar-refractivity contribution in [3.05, 3.63) is 448 Å². The first-order chi connectivity index (χ1) is 61.1. The number of nitrogens with zero attached hydrogens (tertiary/aromatic N) is 4. The summed E-state index contributed by atoms with van der Waals surface area (Å²) in [5.41, 5.74) is 35.8. The van der Waals surface area contributed by atoms with Gasteiger partial charge in [-0.05, 0) is 224 Å². The van der Waals surface area contributed by atoms with Crippen molar-refractivity contribution in [3.8, 4) is 167 Å². The predicted molar refractivity (Wildman–Crippen MR) is 502 cm³/mol. The van der Waals surface area contributed by atoms with Crippen LogP contribution in [0.5, 0.6) is 0 Å². The van der Waals surface area contributed by atoms with Crippen molar-refractivity contribution >= 4 is 54.6 Å². The Morgan fingerprint density at radius 1 is 0.230 bits per heavy atom. The smallest absolute Gasteiger partial charge is 0.136 e. The molecule has 0 saturated carbocycles. The third-order valence-corrected chi connectivity index (χ3v) is 23.3. The largest absolute Gasteiger partial charge is 0.456 e. The van der Waals surface area contributed by atoms with Crippen molar-refractivity contribution in [2.75, 3.05) is 0 Å². The van der Waals surface area contributed by atoms with Crippen LogP contribution in [0.3, 0.4) is 0 Å². The molecule has 0 bridgehead atoms. The maximum absolute atomic E-state index is 13.6. The van der Waals surface area contributed by atoms with E-state index in [-0.39, 0.29) is 51.8 Å². The van der Waals surface area contributed by atoms with E-state index in [0.717, 1.165) is 222 Å². The molecule has 0 saturated heterocycles. The van der Waals surface area contributed by atoms with Gasteiger partial charge in [-0.3, -0.25) is 8.78 Å². The molecule has 2 radical (unpaired) electrons. The zero-order chi connectivity index (χ0) is 83.1. The molecule has 0 unspecified atom stereocenters. The molecular weight excluding hydrogens is 1900 g/mol. The van der Waals surface area contributed by atoms with E-state index in [1.807, 2.05) is 91.5 Å². The second-order valence-corrected chi connectivity index (χ2v) is 31.2. The molecule has 0 spiro atoms. The van der Waals surface area contributed by atoms with Crippen LogP contribution in [0.25, 0.3) is 222 Å². The van der Waals surface area contributed by atoms with Crippen molar-refractivity contribution in [1.29, 1.82) is 0 Å².